The number of para-hydroxylation sites is 1. The number of aryl methyl sites for hydroxylation is 1. The van der Waals surface area contributed by atoms with Crippen LogP contribution in [0.15, 0.2) is 51.7 Å². The van der Waals surface area contributed by atoms with E-state index in [1.54, 1.807) is 0 Å². The van der Waals surface area contributed by atoms with E-state index in [4.69, 9.17) is 4.42 Å². The first kappa shape index (κ1) is 10.4. The van der Waals surface area contributed by atoms with E-state index in [0.717, 1.165) is 27.6 Å². The number of aromatic amines is 1. The van der Waals surface area contributed by atoms with Gasteiger partial charge in [0.2, 0.25) is 5.43 Å². The van der Waals surface area contributed by atoms with Crippen LogP contribution in [-0.4, -0.2) is 4.98 Å². The summed E-state index contributed by atoms with van der Waals surface area (Å²) in [7, 11) is 0. The van der Waals surface area contributed by atoms with Crippen molar-refractivity contribution in [2.75, 3.05) is 0 Å². The number of hydrogen-bond donors (Lipinski definition) is 1. The molecule has 0 fully saturated rings. The molecule has 3 heteroatoms. The van der Waals surface area contributed by atoms with Gasteiger partial charge in [-0.3, -0.25) is 4.79 Å². The molecule has 2 aromatic heterocycles. The molecule has 4 aromatic rings. The van der Waals surface area contributed by atoms with Crippen LogP contribution in [0.5, 0.6) is 0 Å². The van der Waals surface area contributed by atoms with E-state index in [1.807, 2.05) is 49.4 Å². The molecule has 0 spiro atoms. The number of benzene rings is 2. The second-order valence-corrected chi connectivity index (χ2v) is 4.75. The zero-order valence-electron chi connectivity index (χ0n) is 10.4. The predicted molar refractivity (Wildman–Crippen MR) is 76.6 cm³/mol. The van der Waals surface area contributed by atoms with Gasteiger partial charge in [-0.15, -0.1) is 0 Å². The van der Waals surface area contributed by atoms with E-state index >= 15 is 0 Å². The van der Waals surface area contributed by atoms with Crippen LogP contribution in [0.3, 0.4) is 0 Å². The van der Waals surface area contributed by atoms with E-state index in [9.17, 15) is 4.79 Å². The zero-order valence-corrected chi connectivity index (χ0v) is 10.4. The van der Waals surface area contributed by atoms with Gasteiger partial charge < -0.3 is 9.40 Å². The van der Waals surface area contributed by atoms with Crippen LogP contribution >= 0.6 is 0 Å². The summed E-state index contributed by atoms with van der Waals surface area (Å²) in [4.78, 5) is 15.8. The van der Waals surface area contributed by atoms with Crippen LogP contribution in [-0.2, 0) is 0 Å². The first-order chi connectivity index (χ1) is 9.25. The molecule has 0 aliphatic heterocycles. The quantitative estimate of drug-likeness (QED) is 0.516. The highest BCUT2D eigenvalue weighted by Gasteiger charge is 2.14. The van der Waals surface area contributed by atoms with Crippen LogP contribution in [0.4, 0.5) is 0 Å². The summed E-state index contributed by atoms with van der Waals surface area (Å²) in [5.74, 6) is 0. The molecule has 19 heavy (non-hydrogen) atoms. The van der Waals surface area contributed by atoms with Crippen molar-refractivity contribution in [3.8, 4) is 0 Å². The van der Waals surface area contributed by atoms with Crippen LogP contribution in [0.1, 0.15) is 5.56 Å². The van der Waals surface area contributed by atoms with Crippen molar-refractivity contribution < 1.29 is 4.42 Å². The Bertz CT molecular complexity index is 992. The monoisotopic (exact) mass is 249 g/mol. The normalized spacial score (nSPS) is 11.6. The lowest BCUT2D eigenvalue weighted by atomic mass is 10.1. The number of furan rings is 1. The van der Waals surface area contributed by atoms with Gasteiger partial charge >= 0.3 is 0 Å². The minimum absolute atomic E-state index is 0.0556. The van der Waals surface area contributed by atoms with Gasteiger partial charge in [-0.2, -0.15) is 0 Å². The van der Waals surface area contributed by atoms with E-state index in [1.165, 1.54) is 0 Å². The van der Waals surface area contributed by atoms with Crippen molar-refractivity contribution in [3.05, 3.63) is 58.3 Å². The molecule has 1 N–H and O–H groups in total. The highest BCUT2D eigenvalue weighted by atomic mass is 16.3. The first-order valence-electron chi connectivity index (χ1n) is 6.18. The summed E-state index contributed by atoms with van der Waals surface area (Å²) < 4.78 is 5.73. The molecule has 0 aliphatic carbocycles. The summed E-state index contributed by atoms with van der Waals surface area (Å²) in [5, 5.41) is 1.65. The third kappa shape index (κ3) is 1.30. The number of hydrogen-bond acceptors (Lipinski definition) is 2. The van der Waals surface area contributed by atoms with Crippen molar-refractivity contribution >= 4 is 33.0 Å². The van der Waals surface area contributed by atoms with Crippen LogP contribution in [0.2, 0.25) is 0 Å². The highest BCUT2D eigenvalue weighted by molar-refractivity contribution is 6.07. The summed E-state index contributed by atoms with van der Waals surface area (Å²) >= 11 is 0. The largest absolute Gasteiger partial charge is 0.450 e. The molecule has 0 amide bonds. The fourth-order valence-corrected chi connectivity index (χ4v) is 2.65. The average molecular weight is 249 g/mol. The fourth-order valence-electron chi connectivity index (χ4n) is 2.65. The lowest BCUT2D eigenvalue weighted by molar-refractivity contribution is 0.665. The first-order valence-corrected chi connectivity index (χ1v) is 6.18. The third-order valence-electron chi connectivity index (χ3n) is 3.56. The van der Waals surface area contributed by atoms with Gasteiger partial charge in [0, 0.05) is 16.3 Å². The van der Waals surface area contributed by atoms with Crippen molar-refractivity contribution in [1.82, 2.24) is 4.98 Å². The summed E-state index contributed by atoms with van der Waals surface area (Å²) in [6.07, 6.45) is 0. The second-order valence-electron chi connectivity index (χ2n) is 4.75. The topological polar surface area (TPSA) is 46.0 Å². The molecule has 0 radical (unpaired) electrons. The SMILES string of the molecule is Cc1cccc2oc3c(=O)c4ccccc4[nH]c3c12. The molecule has 2 heterocycles. The smallest absolute Gasteiger partial charge is 0.232 e. The van der Waals surface area contributed by atoms with E-state index < -0.39 is 0 Å². The molecule has 92 valence electrons. The van der Waals surface area contributed by atoms with Gasteiger partial charge in [-0.25, -0.2) is 0 Å². The van der Waals surface area contributed by atoms with Crippen LogP contribution < -0.4 is 5.43 Å². The zero-order chi connectivity index (χ0) is 13.0. The number of fused-ring (bicyclic) bond motifs is 4. The molecule has 0 atom stereocenters. The van der Waals surface area contributed by atoms with Gasteiger partial charge in [0.1, 0.15) is 5.58 Å². The Kier molecular flexibility index (Phi) is 1.90. The Morgan fingerprint density at radius 3 is 2.79 bits per heavy atom. The molecule has 4 rings (SSSR count). The number of pyridine rings is 1. The van der Waals surface area contributed by atoms with Crippen LogP contribution in [0, 0.1) is 6.92 Å². The molecule has 0 saturated carbocycles. The molecule has 3 nitrogen and oxygen atoms in total. The Labute approximate surface area is 108 Å². The molecule has 0 aliphatic rings. The molecule has 2 aromatic carbocycles. The lowest BCUT2D eigenvalue weighted by Gasteiger charge is -1.98. The molecular weight excluding hydrogens is 238 g/mol. The maximum atomic E-state index is 12.5. The van der Waals surface area contributed by atoms with Gasteiger partial charge in [0.15, 0.2) is 5.58 Å². The van der Waals surface area contributed by atoms with Crippen molar-refractivity contribution in [2.24, 2.45) is 0 Å². The van der Waals surface area contributed by atoms with Gasteiger partial charge in [0.25, 0.3) is 0 Å². The average Bonchev–Trinajstić information content (AvgIpc) is 2.79. The highest BCUT2D eigenvalue weighted by Crippen LogP contribution is 2.29. The van der Waals surface area contributed by atoms with Crippen LogP contribution in [0.25, 0.3) is 33.0 Å². The Balaban J connectivity index is 2.38. The molecular formula is C16H11NO2. The standard InChI is InChI=1S/C16H11NO2/c1-9-5-4-8-12-13(9)14-16(19-12)15(18)10-6-2-3-7-11(10)17-14/h2-8H,1H3,(H,17,18). The summed E-state index contributed by atoms with van der Waals surface area (Å²) in [6.45, 7) is 2.02. The number of aromatic nitrogens is 1. The minimum Gasteiger partial charge on any atom is -0.450 e. The maximum Gasteiger partial charge on any atom is 0.232 e. The van der Waals surface area contributed by atoms with E-state index in [2.05, 4.69) is 4.98 Å². The number of rotatable bonds is 0. The van der Waals surface area contributed by atoms with E-state index in [-0.39, 0.29) is 5.43 Å². The van der Waals surface area contributed by atoms with E-state index in [0.29, 0.717) is 11.0 Å². The maximum absolute atomic E-state index is 12.5. The fraction of sp³-hybridized carbons (Fsp3) is 0.0625. The molecule has 0 unspecified atom stereocenters. The molecule has 0 saturated heterocycles. The minimum atomic E-state index is -0.0556. The van der Waals surface area contributed by atoms with Gasteiger partial charge in [0.05, 0.1) is 5.52 Å². The predicted octanol–water partition coefficient (Wildman–Crippen LogP) is 3.74. The summed E-state index contributed by atoms with van der Waals surface area (Å²) in [5.41, 5.74) is 3.83. The Morgan fingerprint density at radius 1 is 1.05 bits per heavy atom. The molecule has 0 bridgehead atoms. The lowest BCUT2D eigenvalue weighted by Crippen LogP contribution is -2.01. The third-order valence-corrected chi connectivity index (χ3v) is 3.56. The Morgan fingerprint density at radius 2 is 1.89 bits per heavy atom. The van der Waals surface area contributed by atoms with Gasteiger partial charge in [-0.1, -0.05) is 24.3 Å². The second kappa shape index (κ2) is 3.48. The Hall–Kier alpha value is -2.55. The van der Waals surface area contributed by atoms with Gasteiger partial charge in [-0.05, 0) is 30.7 Å². The van der Waals surface area contributed by atoms with Crippen molar-refractivity contribution in [2.45, 2.75) is 6.92 Å². The number of H-pyrrole nitrogens is 1. The summed E-state index contributed by atoms with van der Waals surface area (Å²) in [6, 6.07) is 13.3. The number of nitrogens with one attached hydrogen (secondary N) is 1. The van der Waals surface area contributed by atoms with Crippen molar-refractivity contribution in [1.29, 1.82) is 0 Å². The van der Waals surface area contributed by atoms with Crippen molar-refractivity contribution in [3.63, 3.8) is 0 Å².